The number of amides is 1. The van der Waals surface area contributed by atoms with Crippen LogP contribution in [0.2, 0.25) is 0 Å². The van der Waals surface area contributed by atoms with Crippen molar-refractivity contribution in [2.75, 3.05) is 0 Å². The Morgan fingerprint density at radius 1 is 1.35 bits per heavy atom. The fourth-order valence-electron chi connectivity index (χ4n) is 2.48. The molecule has 26 heavy (non-hydrogen) atoms. The van der Waals surface area contributed by atoms with Crippen LogP contribution in [-0.4, -0.2) is 15.4 Å². The molecule has 0 aliphatic heterocycles. The zero-order valence-corrected chi connectivity index (χ0v) is 14.6. The lowest BCUT2D eigenvalue weighted by Crippen LogP contribution is -2.15. The van der Waals surface area contributed by atoms with Crippen molar-refractivity contribution in [3.05, 3.63) is 74.8 Å². The van der Waals surface area contributed by atoms with Gasteiger partial charge >= 0.3 is 0 Å². The van der Waals surface area contributed by atoms with Crippen molar-refractivity contribution >= 4 is 39.2 Å². The van der Waals surface area contributed by atoms with Crippen LogP contribution in [0.5, 0.6) is 0 Å². The molecule has 6 nitrogen and oxygen atoms in total. The minimum atomic E-state index is -0.496. The van der Waals surface area contributed by atoms with Gasteiger partial charge in [-0.2, -0.15) is 4.99 Å². The number of rotatable bonds is 4. The van der Waals surface area contributed by atoms with E-state index < -0.39 is 10.8 Å². The van der Waals surface area contributed by atoms with Gasteiger partial charge in [-0.05, 0) is 36.8 Å². The first-order valence-corrected chi connectivity index (χ1v) is 8.59. The van der Waals surface area contributed by atoms with Crippen molar-refractivity contribution in [1.29, 1.82) is 0 Å². The molecule has 132 valence electrons. The Morgan fingerprint density at radius 2 is 2.15 bits per heavy atom. The van der Waals surface area contributed by atoms with Crippen molar-refractivity contribution in [1.82, 2.24) is 4.57 Å². The Morgan fingerprint density at radius 3 is 2.88 bits per heavy atom. The molecule has 8 heteroatoms. The standard InChI is InChI=1S/C18H14FN3O3S/c1-2-21-15-8-7-13(19)11-16(15)26-18(21)20-17(23)9-6-12-4-3-5-14(10-12)22(24)25/h3-11H,2H2,1H3. The Hall–Kier alpha value is -3.13. The van der Waals surface area contributed by atoms with Gasteiger partial charge in [-0.1, -0.05) is 23.5 Å². The molecule has 0 atom stereocenters. The molecule has 0 saturated carbocycles. The molecular formula is C18H14FN3O3S. The van der Waals surface area contributed by atoms with Crippen LogP contribution in [0.4, 0.5) is 10.1 Å². The normalized spacial score (nSPS) is 12.2. The van der Waals surface area contributed by atoms with E-state index in [0.717, 1.165) is 5.52 Å². The van der Waals surface area contributed by atoms with Crippen LogP contribution in [0.3, 0.4) is 0 Å². The summed E-state index contributed by atoms with van der Waals surface area (Å²) in [5.74, 6) is -0.837. The van der Waals surface area contributed by atoms with E-state index in [2.05, 4.69) is 4.99 Å². The van der Waals surface area contributed by atoms with Gasteiger partial charge in [0.2, 0.25) is 0 Å². The summed E-state index contributed by atoms with van der Waals surface area (Å²) in [6, 6.07) is 10.4. The van der Waals surface area contributed by atoms with Crippen molar-refractivity contribution in [3.8, 4) is 0 Å². The molecule has 2 aromatic carbocycles. The van der Waals surface area contributed by atoms with Crippen LogP contribution < -0.4 is 4.80 Å². The van der Waals surface area contributed by atoms with Gasteiger partial charge < -0.3 is 4.57 Å². The first-order valence-electron chi connectivity index (χ1n) is 7.78. The number of benzene rings is 2. The molecular weight excluding hydrogens is 357 g/mol. The van der Waals surface area contributed by atoms with E-state index in [9.17, 15) is 19.3 Å². The molecule has 3 rings (SSSR count). The van der Waals surface area contributed by atoms with E-state index in [4.69, 9.17) is 0 Å². The van der Waals surface area contributed by atoms with E-state index in [0.29, 0.717) is 21.6 Å². The Bertz CT molecular complexity index is 1100. The van der Waals surface area contributed by atoms with Gasteiger partial charge in [-0.25, -0.2) is 4.39 Å². The predicted molar refractivity (Wildman–Crippen MR) is 98.1 cm³/mol. The number of halogens is 1. The number of thiazole rings is 1. The van der Waals surface area contributed by atoms with Gasteiger partial charge in [-0.15, -0.1) is 0 Å². The van der Waals surface area contributed by atoms with Crippen LogP contribution in [0.25, 0.3) is 16.3 Å². The minimum Gasteiger partial charge on any atom is -0.317 e. The summed E-state index contributed by atoms with van der Waals surface area (Å²) in [6.45, 7) is 2.50. The number of fused-ring (bicyclic) bond motifs is 1. The second kappa shape index (κ2) is 7.40. The number of nitro benzene ring substituents is 1. The number of aryl methyl sites for hydroxylation is 1. The maximum absolute atomic E-state index is 13.4. The molecule has 1 amide bonds. The summed E-state index contributed by atoms with van der Waals surface area (Å²) < 4.78 is 15.9. The summed E-state index contributed by atoms with van der Waals surface area (Å²) in [4.78, 5) is 27.0. The number of nitrogens with zero attached hydrogens (tertiary/aromatic N) is 3. The number of carbonyl (C=O) groups is 1. The molecule has 0 unspecified atom stereocenters. The lowest BCUT2D eigenvalue weighted by molar-refractivity contribution is -0.384. The summed E-state index contributed by atoms with van der Waals surface area (Å²) in [5.41, 5.74) is 1.30. The summed E-state index contributed by atoms with van der Waals surface area (Å²) in [6.07, 6.45) is 2.73. The summed E-state index contributed by atoms with van der Waals surface area (Å²) in [5, 5.41) is 10.8. The molecule has 0 N–H and O–H groups in total. The number of carbonyl (C=O) groups excluding carboxylic acids is 1. The average molecular weight is 371 g/mol. The van der Waals surface area contributed by atoms with E-state index in [1.807, 2.05) is 11.5 Å². The monoisotopic (exact) mass is 371 g/mol. The first kappa shape index (κ1) is 17.7. The number of hydrogen-bond acceptors (Lipinski definition) is 4. The van der Waals surface area contributed by atoms with Crippen LogP contribution in [0, 0.1) is 15.9 Å². The molecule has 0 saturated heterocycles. The highest BCUT2D eigenvalue weighted by Gasteiger charge is 2.07. The van der Waals surface area contributed by atoms with Gasteiger partial charge in [0, 0.05) is 24.8 Å². The third-order valence-electron chi connectivity index (χ3n) is 3.67. The molecule has 0 bridgehead atoms. The average Bonchev–Trinajstić information content (AvgIpc) is 2.96. The highest BCUT2D eigenvalue weighted by molar-refractivity contribution is 7.16. The molecule has 1 heterocycles. The maximum atomic E-state index is 13.4. The molecule has 3 aromatic rings. The summed E-state index contributed by atoms with van der Waals surface area (Å²) in [7, 11) is 0. The largest absolute Gasteiger partial charge is 0.317 e. The van der Waals surface area contributed by atoms with Gasteiger partial charge in [0.05, 0.1) is 15.1 Å². The Labute approximate surface area is 151 Å². The second-order valence-electron chi connectivity index (χ2n) is 5.38. The lowest BCUT2D eigenvalue weighted by atomic mass is 10.2. The van der Waals surface area contributed by atoms with Crippen LogP contribution in [0.15, 0.2) is 53.5 Å². The van der Waals surface area contributed by atoms with Crippen LogP contribution in [-0.2, 0) is 11.3 Å². The SMILES string of the molecule is CCn1c(=NC(=O)C=Cc2cccc([N+](=O)[O-])c2)sc2cc(F)ccc21. The fraction of sp³-hybridized carbons (Fsp3) is 0.111. The van der Waals surface area contributed by atoms with E-state index >= 15 is 0 Å². The van der Waals surface area contributed by atoms with Crippen molar-refractivity contribution in [2.24, 2.45) is 4.99 Å². The molecule has 1 aromatic heterocycles. The highest BCUT2D eigenvalue weighted by Crippen LogP contribution is 2.18. The van der Waals surface area contributed by atoms with Crippen molar-refractivity contribution in [3.63, 3.8) is 0 Å². The zero-order chi connectivity index (χ0) is 18.7. The van der Waals surface area contributed by atoms with Gasteiger partial charge in [0.15, 0.2) is 4.80 Å². The first-order chi connectivity index (χ1) is 12.5. The fourth-order valence-corrected chi connectivity index (χ4v) is 3.60. The topological polar surface area (TPSA) is 77.5 Å². The van der Waals surface area contributed by atoms with E-state index in [1.54, 1.807) is 18.2 Å². The molecule has 0 radical (unpaired) electrons. The highest BCUT2D eigenvalue weighted by atomic mass is 32.1. The molecule has 0 fully saturated rings. The third-order valence-corrected chi connectivity index (χ3v) is 4.71. The molecule has 0 spiro atoms. The van der Waals surface area contributed by atoms with Gasteiger partial charge in [-0.3, -0.25) is 14.9 Å². The molecule has 0 aliphatic carbocycles. The van der Waals surface area contributed by atoms with Crippen molar-refractivity contribution < 1.29 is 14.1 Å². The number of non-ortho nitro benzene ring substituents is 1. The maximum Gasteiger partial charge on any atom is 0.272 e. The van der Waals surface area contributed by atoms with E-state index in [1.165, 1.54) is 47.8 Å². The predicted octanol–water partition coefficient (Wildman–Crippen LogP) is 3.91. The second-order valence-corrected chi connectivity index (χ2v) is 6.39. The van der Waals surface area contributed by atoms with Gasteiger partial charge in [0.1, 0.15) is 5.82 Å². The Balaban J connectivity index is 1.92. The van der Waals surface area contributed by atoms with E-state index in [-0.39, 0.29) is 11.5 Å². The van der Waals surface area contributed by atoms with Crippen LogP contribution >= 0.6 is 11.3 Å². The smallest absolute Gasteiger partial charge is 0.272 e. The number of aromatic nitrogens is 1. The quantitative estimate of drug-likeness (QED) is 0.396. The minimum absolute atomic E-state index is 0.0492. The van der Waals surface area contributed by atoms with Gasteiger partial charge in [0.25, 0.3) is 11.6 Å². The number of hydrogen-bond donors (Lipinski definition) is 0. The molecule has 0 aliphatic rings. The summed E-state index contributed by atoms with van der Waals surface area (Å²) >= 11 is 1.23. The van der Waals surface area contributed by atoms with Crippen LogP contribution in [0.1, 0.15) is 12.5 Å². The number of nitro groups is 1. The zero-order valence-electron chi connectivity index (χ0n) is 13.8. The lowest BCUT2D eigenvalue weighted by Gasteiger charge is -1.99. The third kappa shape index (κ3) is 3.75. The Kier molecular flexibility index (Phi) is 5.04. The van der Waals surface area contributed by atoms with Crippen molar-refractivity contribution in [2.45, 2.75) is 13.5 Å².